The van der Waals surface area contributed by atoms with E-state index < -0.39 is 21.2 Å². The Morgan fingerprint density at radius 1 is 1.20 bits per heavy atom. The molecule has 2 bridgehead atoms. The predicted molar refractivity (Wildman–Crippen MR) is 113 cm³/mol. The number of nitrogens with zero attached hydrogens (tertiary/aromatic N) is 3. The van der Waals surface area contributed by atoms with Crippen molar-refractivity contribution in [1.29, 1.82) is 5.26 Å². The minimum atomic E-state index is -1.06. The molecule has 4 saturated heterocycles. The average molecular weight is 446 g/mol. The van der Waals surface area contributed by atoms with Gasteiger partial charge in [-0.2, -0.15) is 5.26 Å². The number of amides is 2. The Hall–Kier alpha value is -2.05. The summed E-state index contributed by atoms with van der Waals surface area (Å²) in [5, 5.41) is 10.2. The van der Waals surface area contributed by atoms with E-state index in [2.05, 4.69) is 13.0 Å². The molecule has 1 aromatic carbocycles. The van der Waals surface area contributed by atoms with Gasteiger partial charge in [0.15, 0.2) is 21.2 Å². The third kappa shape index (κ3) is 2.35. The number of benzene rings is 1. The molecule has 2 unspecified atom stereocenters. The molecule has 0 aromatic heterocycles. The molecule has 30 heavy (non-hydrogen) atoms. The smallest absolute Gasteiger partial charge is 0.261 e. The SMILES string of the molecule is CCCCN1C(=O)[C@@]23C[C@](C)(C#N)C(c4ccc5c(c4)OCO5)N2C(=O)C1(C)SS3. The van der Waals surface area contributed by atoms with E-state index in [-0.39, 0.29) is 18.6 Å². The molecule has 7 nitrogen and oxygen atoms in total. The quantitative estimate of drug-likeness (QED) is 0.654. The second kappa shape index (κ2) is 6.47. The lowest BCUT2D eigenvalue weighted by molar-refractivity contribution is -0.166. The molecular formula is C21H23N3O4S2. The Labute approximate surface area is 183 Å². The van der Waals surface area contributed by atoms with Crippen molar-refractivity contribution in [3.05, 3.63) is 23.8 Å². The van der Waals surface area contributed by atoms with Crippen LogP contribution in [-0.2, 0) is 9.59 Å². The van der Waals surface area contributed by atoms with Crippen molar-refractivity contribution in [3.63, 3.8) is 0 Å². The van der Waals surface area contributed by atoms with Gasteiger partial charge in [-0.3, -0.25) is 9.59 Å². The topological polar surface area (TPSA) is 82.9 Å². The van der Waals surface area contributed by atoms with Crippen molar-refractivity contribution in [1.82, 2.24) is 9.80 Å². The van der Waals surface area contributed by atoms with Crippen LogP contribution in [0.4, 0.5) is 0 Å². The van der Waals surface area contributed by atoms with E-state index in [1.807, 2.05) is 32.0 Å². The molecule has 5 aliphatic heterocycles. The van der Waals surface area contributed by atoms with Crippen LogP contribution in [-0.4, -0.2) is 44.7 Å². The largest absolute Gasteiger partial charge is 0.454 e. The maximum atomic E-state index is 13.9. The summed E-state index contributed by atoms with van der Waals surface area (Å²) in [4.78, 5) is 29.0. The molecule has 0 radical (unpaired) electrons. The molecule has 9 heteroatoms. The van der Waals surface area contributed by atoms with E-state index in [1.54, 1.807) is 9.80 Å². The molecule has 1 aromatic rings. The molecule has 158 valence electrons. The molecule has 5 heterocycles. The second-order valence-corrected chi connectivity index (χ2v) is 11.4. The van der Waals surface area contributed by atoms with E-state index in [4.69, 9.17) is 9.47 Å². The van der Waals surface area contributed by atoms with Crippen molar-refractivity contribution in [2.75, 3.05) is 13.3 Å². The van der Waals surface area contributed by atoms with E-state index in [0.29, 0.717) is 24.5 Å². The minimum Gasteiger partial charge on any atom is -0.454 e. The van der Waals surface area contributed by atoms with Crippen molar-refractivity contribution < 1.29 is 19.1 Å². The molecule has 4 atom stereocenters. The van der Waals surface area contributed by atoms with Crippen LogP contribution in [0.15, 0.2) is 18.2 Å². The highest BCUT2D eigenvalue weighted by Crippen LogP contribution is 2.69. The van der Waals surface area contributed by atoms with Gasteiger partial charge in [-0.25, -0.2) is 0 Å². The fourth-order valence-electron chi connectivity index (χ4n) is 5.04. The van der Waals surface area contributed by atoms with Crippen LogP contribution in [0.2, 0.25) is 0 Å². The summed E-state index contributed by atoms with van der Waals surface area (Å²) in [6.45, 7) is 6.47. The molecule has 2 amide bonds. The van der Waals surface area contributed by atoms with E-state index >= 15 is 0 Å². The van der Waals surface area contributed by atoms with Crippen LogP contribution in [0.5, 0.6) is 11.5 Å². The third-order valence-corrected chi connectivity index (χ3v) is 10.3. The van der Waals surface area contributed by atoms with E-state index in [0.717, 1.165) is 18.4 Å². The van der Waals surface area contributed by atoms with Gasteiger partial charge >= 0.3 is 0 Å². The molecule has 0 aliphatic carbocycles. The first-order valence-electron chi connectivity index (χ1n) is 10.1. The number of carbonyl (C=O) groups excluding carboxylic acids is 2. The predicted octanol–water partition coefficient (Wildman–Crippen LogP) is 3.67. The van der Waals surface area contributed by atoms with Crippen LogP contribution in [0, 0.1) is 16.7 Å². The summed E-state index contributed by atoms with van der Waals surface area (Å²) in [5.41, 5.74) is -0.110. The second-order valence-electron chi connectivity index (χ2n) is 8.64. The van der Waals surface area contributed by atoms with E-state index in [9.17, 15) is 14.9 Å². The Balaban J connectivity index is 1.64. The number of unbranched alkanes of at least 4 members (excludes halogenated alkanes) is 1. The lowest BCUT2D eigenvalue weighted by Crippen LogP contribution is -2.74. The van der Waals surface area contributed by atoms with Crippen molar-refractivity contribution in [2.24, 2.45) is 5.41 Å². The Morgan fingerprint density at radius 2 is 1.97 bits per heavy atom. The van der Waals surface area contributed by atoms with Crippen molar-refractivity contribution >= 4 is 33.4 Å². The highest BCUT2D eigenvalue weighted by molar-refractivity contribution is 8.78. The highest BCUT2D eigenvalue weighted by Gasteiger charge is 2.75. The first kappa shape index (κ1) is 19.9. The van der Waals surface area contributed by atoms with Crippen LogP contribution >= 0.6 is 21.6 Å². The van der Waals surface area contributed by atoms with Crippen molar-refractivity contribution in [2.45, 2.75) is 55.8 Å². The van der Waals surface area contributed by atoms with Gasteiger partial charge in [0.2, 0.25) is 6.79 Å². The summed E-state index contributed by atoms with van der Waals surface area (Å²) in [6.07, 6.45) is 2.09. The summed E-state index contributed by atoms with van der Waals surface area (Å²) in [7, 11) is 2.90. The van der Waals surface area contributed by atoms with Gasteiger partial charge in [0.05, 0.1) is 17.5 Å². The number of nitriles is 1. The zero-order valence-corrected chi connectivity index (χ0v) is 18.8. The summed E-state index contributed by atoms with van der Waals surface area (Å²) in [5.74, 6) is 1.11. The van der Waals surface area contributed by atoms with Gasteiger partial charge in [-0.1, -0.05) is 41.0 Å². The van der Waals surface area contributed by atoms with Gasteiger partial charge in [-0.05, 0) is 38.0 Å². The molecule has 1 spiro atoms. The maximum Gasteiger partial charge on any atom is 0.261 e. The van der Waals surface area contributed by atoms with Crippen LogP contribution in [0.25, 0.3) is 0 Å². The first-order chi connectivity index (χ1) is 14.3. The molecule has 0 saturated carbocycles. The van der Waals surface area contributed by atoms with Gasteiger partial charge in [0, 0.05) is 13.0 Å². The van der Waals surface area contributed by atoms with Gasteiger partial charge < -0.3 is 19.3 Å². The molecule has 4 fully saturated rings. The van der Waals surface area contributed by atoms with Crippen molar-refractivity contribution in [3.8, 4) is 17.6 Å². The normalized spacial score (nSPS) is 36.3. The highest BCUT2D eigenvalue weighted by atomic mass is 33.1. The monoisotopic (exact) mass is 445 g/mol. The number of carbonyl (C=O) groups is 2. The molecule has 6 rings (SSSR count). The fraction of sp³-hybridized carbons (Fsp3) is 0.571. The number of piperazine rings is 1. The number of hydrogen-bond donors (Lipinski definition) is 0. The lowest BCUT2D eigenvalue weighted by Gasteiger charge is -2.58. The zero-order chi connectivity index (χ0) is 21.3. The van der Waals surface area contributed by atoms with E-state index in [1.165, 1.54) is 21.6 Å². The van der Waals surface area contributed by atoms with Crippen LogP contribution < -0.4 is 9.47 Å². The summed E-state index contributed by atoms with van der Waals surface area (Å²) >= 11 is 0. The fourth-order valence-corrected chi connectivity index (χ4v) is 8.60. The van der Waals surface area contributed by atoms with Gasteiger partial charge in [0.25, 0.3) is 11.8 Å². The van der Waals surface area contributed by atoms with Gasteiger partial charge in [0.1, 0.15) is 0 Å². The summed E-state index contributed by atoms with van der Waals surface area (Å²) < 4.78 is 11.0. The number of fused-ring (bicyclic) bond motifs is 3. The first-order valence-corrected chi connectivity index (χ1v) is 12.3. The molecule has 0 N–H and O–H groups in total. The third-order valence-electron chi connectivity index (χ3n) is 6.61. The van der Waals surface area contributed by atoms with Gasteiger partial charge in [-0.15, -0.1) is 0 Å². The minimum absolute atomic E-state index is 0.0495. The maximum absolute atomic E-state index is 13.9. The molecule has 5 aliphatic rings. The number of rotatable bonds is 4. The zero-order valence-electron chi connectivity index (χ0n) is 17.1. The Bertz CT molecular complexity index is 997. The average Bonchev–Trinajstić information content (AvgIpc) is 3.31. The Morgan fingerprint density at radius 3 is 2.70 bits per heavy atom. The van der Waals surface area contributed by atoms with Crippen LogP contribution in [0.3, 0.4) is 0 Å². The molecular weight excluding hydrogens is 422 g/mol. The number of hydrogen-bond acceptors (Lipinski definition) is 7. The summed E-state index contributed by atoms with van der Waals surface area (Å²) in [6, 6.07) is 7.44. The Kier molecular flexibility index (Phi) is 4.29. The standard InChI is InChI=1S/C21H23N3O4S2/c1-4-5-8-23-18(26)21-10-19(2,11-22)16(24(21)17(25)20(23,3)29-30-21)13-6-7-14-15(9-13)28-12-27-14/h6-7,9,16H,4-5,8,10,12H2,1-3H3/t16?,19-,20?,21+/m1/s1. The van der Waals surface area contributed by atoms with Crippen LogP contribution in [0.1, 0.15) is 51.6 Å². The lowest BCUT2D eigenvalue weighted by atomic mass is 9.79. The number of ether oxygens (including phenoxy) is 2.